The predicted octanol–water partition coefficient (Wildman–Crippen LogP) is 3.56. The molecule has 0 spiro atoms. The first-order chi connectivity index (χ1) is 12.7. The van der Waals surface area contributed by atoms with Crippen molar-refractivity contribution in [1.29, 1.82) is 0 Å². The van der Waals surface area contributed by atoms with E-state index in [9.17, 15) is 14.7 Å². The molecule has 0 atom stereocenters. The Labute approximate surface area is 160 Å². The van der Waals surface area contributed by atoms with E-state index in [1.807, 2.05) is 27.7 Å². The van der Waals surface area contributed by atoms with Crippen LogP contribution in [0, 0.1) is 6.92 Å². The molecule has 0 unspecified atom stereocenters. The van der Waals surface area contributed by atoms with Crippen LogP contribution in [0.25, 0.3) is 0 Å². The molecule has 0 aliphatic carbocycles. The number of rotatable bonds is 9. The van der Waals surface area contributed by atoms with Crippen LogP contribution in [0.4, 0.5) is 0 Å². The summed E-state index contributed by atoms with van der Waals surface area (Å²) in [6.07, 6.45) is 5.17. The summed E-state index contributed by atoms with van der Waals surface area (Å²) in [5, 5.41) is 12.4. The average Bonchev–Trinajstić information content (AvgIpc) is 2.58. The van der Waals surface area contributed by atoms with E-state index in [2.05, 4.69) is 11.4 Å². The molecular weight excluding hydrogens is 346 g/mol. The maximum Gasteiger partial charge on any atom is 0.331 e. The lowest BCUT2D eigenvalue weighted by Gasteiger charge is -2.11. The number of methoxy groups -OCH3 is 1. The van der Waals surface area contributed by atoms with Gasteiger partial charge in [0, 0.05) is 12.6 Å². The van der Waals surface area contributed by atoms with E-state index in [4.69, 9.17) is 9.47 Å². The molecule has 0 fully saturated rings. The van der Waals surface area contributed by atoms with Gasteiger partial charge in [-0.1, -0.05) is 17.2 Å². The van der Waals surface area contributed by atoms with Crippen molar-refractivity contribution >= 4 is 11.9 Å². The highest BCUT2D eigenvalue weighted by atomic mass is 16.5. The number of ether oxygens (including phenoxy) is 2. The normalized spacial score (nSPS) is 10.9. The van der Waals surface area contributed by atoms with Crippen LogP contribution in [-0.2, 0) is 20.9 Å². The Kier molecular flexibility index (Phi) is 9.13. The number of benzene rings is 1. The molecule has 1 aromatic rings. The maximum absolute atomic E-state index is 11.9. The number of amides is 1. The number of carbonyl (C=O) groups excluding carboxylic acids is 2. The van der Waals surface area contributed by atoms with Crippen molar-refractivity contribution < 1.29 is 24.2 Å². The van der Waals surface area contributed by atoms with Crippen molar-refractivity contribution in [2.75, 3.05) is 13.7 Å². The number of aryl methyl sites for hydroxylation is 1. The summed E-state index contributed by atoms with van der Waals surface area (Å²) in [7, 11) is 1.46. The fourth-order valence-corrected chi connectivity index (χ4v) is 2.35. The van der Waals surface area contributed by atoms with Gasteiger partial charge in [0.25, 0.3) is 5.91 Å². The van der Waals surface area contributed by atoms with Crippen LogP contribution in [-0.4, -0.2) is 30.7 Å². The van der Waals surface area contributed by atoms with E-state index in [1.54, 1.807) is 12.1 Å². The third-order valence-electron chi connectivity index (χ3n) is 3.91. The van der Waals surface area contributed by atoms with Gasteiger partial charge in [-0.2, -0.15) is 0 Å². The summed E-state index contributed by atoms with van der Waals surface area (Å²) in [4.78, 5) is 23.7. The second-order valence-electron chi connectivity index (χ2n) is 6.65. The zero-order chi connectivity index (χ0) is 20.4. The maximum atomic E-state index is 11.9. The summed E-state index contributed by atoms with van der Waals surface area (Å²) in [6.45, 7) is 7.65. The zero-order valence-corrected chi connectivity index (χ0v) is 16.7. The quantitative estimate of drug-likeness (QED) is 0.392. The minimum absolute atomic E-state index is 0.0470. The van der Waals surface area contributed by atoms with Gasteiger partial charge in [0.15, 0.2) is 18.1 Å². The van der Waals surface area contributed by atoms with Gasteiger partial charge in [-0.15, -0.1) is 0 Å². The van der Waals surface area contributed by atoms with Crippen LogP contribution in [0.15, 0.2) is 35.4 Å². The predicted molar refractivity (Wildman–Crippen MR) is 105 cm³/mol. The Bertz CT molecular complexity index is 730. The van der Waals surface area contributed by atoms with Gasteiger partial charge in [0.05, 0.1) is 7.11 Å². The Hall–Kier alpha value is -2.76. The molecule has 0 radical (unpaired) electrons. The van der Waals surface area contributed by atoms with Gasteiger partial charge in [-0.25, -0.2) is 4.79 Å². The van der Waals surface area contributed by atoms with E-state index in [0.717, 1.165) is 29.5 Å². The molecule has 1 aromatic carbocycles. The second-order valence-corrected chi connectivity index (χ2v) is 6.65. The van der Waals surface area contributed by atoms with E-state index in [0.29, 0.717) is 5.75 Å². The molecule has 6 heteroatoms. The SMILES string of the molecule is COc1cc(CNC(=O)COC(=O)/C=C(\C)CCC=C(C)C)c(C)cc1O. The number of nitrogens with one attached hydrogen (secondary N) is 1. The molecule has 0 aromatic heterocycles. The Morgan fingerprint density at radius 1 is 1.22 bits per heavy atom. The first-order valence-electron chi connectivity index (χ1n) is 8.83. The molecule has 0 bridgehead atoms. The number of esters is 1. The highest BCUT2D eigenvalue weighted by molar-refractivity contribution is 5.86. The van der Waals surface area contributed by atoms with E-state index < -0.39 is 11.9 Å². The number of hydrogen-bond donors (Lipinski definition) is 2. The van der Waals surface area contributed by atoms with Crippen LogP contribution in [0.3, 0.4) is 0 Å². The van der Waals surface area contributed by atoms with Gasteiger partial charge in [-0.05, 0) is 63.8 Å². The minimum Gasteiger partial charge on any atom is -0.504 e. The third-order valence-corrected chi connectivity index (χ3v) is 3.91. The summed E-state index contributed by atoms with van der Waals surface area (Å²) in [5.74, 6) is -0.538. The average molecular weight is 375 g/mol. The number of allylic oxidation sites excluding steroid dienone is 3. The number of phenols is 1. The van der Waals surface area contributed by atoms with Crippen LogP contribution >= 0.6 is 0 Å². The lowest BCUT2D eigenvalue weighted by molar-refractivity contribution is -0.143. The van der Waals surface area contributed by atoms with Crippen molar-refractivity contribution in [2.45, 2.75) is 47.1 Å². The summed E-state index contributed by atoms with van der Waals surface area (Å²) >= 11 is 0. The van der Waals surface area contributed by atoms with Crippen molar-refractivity contribution in [1.82, 2.24) is 5.32 Å². The molecule has 0 aliphatic rings. The lowest BCUT2D eigenvalue weighted by atomic mass is 10.1. The van der Waals surface area contributed by atoms with Crippen LogP contribution < -0.4 is 10.1 Å². The van der Waals surface area contributed by atoms with E-state index in [1.165, 1.54) is 18.8 Å². The molecule has 0 aliphatic heterocycles. The number of phenolic OH excluding ortho intramolecular Hbond substituents is 1. The number of aromatic hydroxyl groups is 1. The van der Waals surface area contributed by atoms with Crippen molar-refractivity contribution in [2.24, 2.45) is 0 Å². The number of carbonyl (C=O) groups is 2. The molecule has 27 heavy (non-hydrogen) atoms. The van der Waals surface area contributed by atoms with E-state index >= 15 is 0 Å². The minimum atomic E-state index is -0.526. The van der Waals surface area contributed by atoms with Gasteiger partial charge in [-0.3, -0.25) is 4.79 Å². The fourth-order valence-electron chi connectivity index (χ4n) is 2.35. The molecule has 0 heterocycles. The molecule has 6 nitrogen and oxygen atoms in total. The molecule has 1 amide bonds. The number of hydrogen-bond acceptors (Lipinski definition) is 5. The topological polar surface area (TPSA) is 84.9 Å². The highest BCUT2D eigenvalue weighted by Crippen LogP contribution is 2.28. The standard InChI is InChI=1S/C21H29NO5/c1-14(2)7-6-8-15(3)9-21(25)27-13-20(24)22-12-17-11-19(26-5)18(23)10-16(17)4/h7,9-11,23H,6,8,12-13H2,1-5H3,(H,22,24)/b15-9+. The largest absolute Gasteiger partial charge is 0.504 e. The first kappa shape index (κ1) is 22.3. The summed E-state index contributed by atoms with van der Waals surface area (Å²) in [6, 6.07) is 3.23. The highest BCUT2D eigenvalue weighted by Gasteiger charge is 2.10. The van der Waals surface area contributed by atoms with Crippen LogP contribution in [0.2, 0.25) is 0 Å². The fraction of sp³-hybridized carbons (Fsp3) is 0.429. The Morgan fingerprint density at radius 3 is 2.56 bits per heavy atom. The van der Waals surface area contributed by atoms with Crippen molar-refractivity contribution in [3.63, 3.8) is 0 Å². The monoisotopic (exact) mass is 375 g/mol. The van der Waals surface area contributed by atoms with Crippen molar-refractivity contribution in [3.8, 4) is 11.5 Å². The van der Waals surface area contributed by atoms with Crippen LogP contribution in [0.5, 0.6) is 11.5 Å². The Morgan fingerprint density at radius 2 is 1.93 bits per heavy atom. The van der Waals surface area contributed by atoms with Gasteiger partial charge in [0.2, 0.25) is 0 Å². The van der Waals surface area contributed by atoms with Gasteiger partial charge in [0.1, 0.15) is 0 Å². The summed E-state index contributed by atoms with van der Waals surface area (Å²) < 4.78 is 10.0. The molecule has 1 rings (SSSR count). The third kappa shape index (κ3) is 8.44. The molecule has 148 valence electrons. The summed E-state index contributed by atoms with van der Waals surface area (Å²) in [5.41, 5.74) is 3.77. The molecule has 0 saturated carbocycles. The second kappa shape index (κ2) is 11.1. The van der Waals surface area contributed by atoms with E-state index in [-0.39, 0.29) is 18.9 Å². The van der Waals surface area contributed by atoms with Gasteiger partial charge < -0.3 is 19.9 Å². The smallest absolute Gasteiger partial charge is 0.331 e. The lowest BCUT2D eigenvalue weighted by Crippen LogP contribution is -2.28. The first-order valence-corrected chi connectivity index (χ1v) is 8.83. The van der Waals surface area contributed by atoms with Crippen molar-refractivity contribution in [3.05, 3.63) is 46.6 Å². The van der Waals surface area contributed by atoms with Crippen LogP contribution in [0.1, 0.15) is 44.7 Å². The molecule has 2 N–H and O–H groups in total. The van der Waals surface area contributed by atoms with Gasteiger partial charge >= 0.3 is 5.97 Å². The Balaban J connectivity index is 2.45. The molecular formula is C21H29NO5. The molecule has 0 saturated heterocycles. The zero-order valence-electron chi connectivity index (χ0n) is 16.7.